The number of carbonyl (C=O) groups is 1. The quantitative estimate of drug-likeness (QED) is 0.630. The molecule has 0 saturated carbocycles. The predicted octanol–water partition coefficient (Wildman–Crippen LogP) is 1.40. The monoisotopic (exact) mass is 172 g/mol. The van der Waals surface area contributed by atoms with Crippen molar-refractivity contribution < 1.29 is 4.79 Å². The highest BCUT2D eigenvalue weighted by atomic mass is 16.1. The van der Waals surface area contributed by atoms with E-state index >= 15 is 0 Å². The van der Waals surface area contributed by atoms with Crippen molar-refractivity contribution in [3.8, 4) is 0 Å². The first-order valence-corrected chi connectivity index (χ1v) is 4.46. The van der Waals surface area contributed by atoms with Crippen LogP contribution in [0, 0.1) is 0 Å². The molecule has 0 aliphatic carbocycles. The summed E-state index contributed by atoms with van der Waals surface area (Å²) in [5, 5.41) is 2.87. The Hall–Kier alpha value is -0.990. The summed E-state index contributed by atoms with van der Waals surface area (Å²) in [6.07, 6.45) is 2.61. The first-order valence-electron chi connectivity index (χ1n) is 4.46. The van der Waals surface area contributed by atoms with Crippen molar-refractivity contribution in [2.75, 3.05) is 6.54 Å². The molecule has 0 radical (unpaired) electrons. The Morgan fingerprint density at radius 3 is 2.17 bits per heavy atom. The average molecular weight is 172 g/mol. The average Bonchev–Trinajstić information content (AvgIpc) is 2.08. The standard InChI is InChI=1S/C7H14N2O.C2H6/c1-3-5-6(7(8)10)9-4-2;1-2/h5,9H,3-4H2,1-2H3,(H2,8,10);1-2H3/b6-5-;. The number of rotatable bonds is 4. The fourth-order valence-corrected chi connectivity index (χ4v) is 0.654. The number of carbonyl (C=O) groups excluding carboxylic acids is 1. The van der Waals surface area contributed by atoms with Crippen LogP contribution >= 0.6 is 0 Å². The van der Waals surface area contributed by atoms with E-state index in [2.05, 4.69) is 5.32 Å². The number of allylic oxidation sites excluding steroid dienone is 1. The minimum Gasteiger partial charge on any atom is -0.381 e. The Kier molecular flexibility index (Phi) is 11.3. The summed E-state index contributed by atoms with van der Waals surface area (Å²) < 4.78 is 0. The van der Waals surface area contributed by atoms with Gasteiger partial charge in [0.25, 0.3) is 5.91 Å². The van der Waals surface area contributed by atoms with Gasteiger partial charge in [-0.1, -0.05) is 26.8 Å². The molecule has 0 unspecified atom stereocenters. The highest BCUT2D eigenvalue weighted by Gasteiger charge is 1.99. The molecule has 0 saturated heterocycles. The molecule has 0 bridgehead atoms. The Labute approximate surface area is 75.0 Å². The largest absolute Gasteiger partial charge is 0.381 e. The van der Waals surface area contributed by atoms with Crippen LogP contribution in [-0.2, 0) is 4.79 Å². The molecular weight excluding hydrogens is 152 g/mol. The molecule has 0 atom stereocenters. The maximum atomic E-state index is 10.6. The SMILES string of the molecule is CC.CC/C=C(\NCC)C(N)=O. The van der Waals surface area contributed by atoms with Gasteiger partial charge in [-0.25, -0.2) is 0 Å². The van der Waals surface area contributed by atoms with Gasteiger partial charge in [-0.3, -0.25) is 4.79 Å². The zero-order valence-corrected chi connectivity index (χ0v) is 8.48. The minimum absolute atomic E-state index is 0.385. The van der Waals surface area contributed by atoms with E-state index in [1.54, 1.807) is 6.08 Å². The second kappa shape index (κ2) is 10.0. The van der Waals surface area contributed by atoms with Gasteiger partial charge in [0.05, 0.1) is 5.70 Å². The number of likely N-dealkylation sites (N-methyl/N-ethyl adjacent to an activating group) is 1. The summed E-state index contributed by atoms with van der Waals surface area (Å²) >= 11 is 0. The van der Waals surface area contributed by atoms with Crippen LogP contribution in [0.2, 0.25) is 0 Å². The summed E-state index contributed by atoms with van der Waals surface area (Å²) in [6, 6.07) is 0. The van der Waals surface area contributed by atoms with E-state index in [0.717, 1.165) is 13.0 Å². The van der Waals surface area contributed by atoms with Gasteiger partial charge in [0.2, 0.25) is 0 Å². The molecule has 3 nitrogen and oxygen atoms in total. The second-order valence-corrected chi connectivity index (χ2v) is 1.92. The molecule has 1 amide bonds. The van der Waals surface area contributed by atoms with E-state index in [1.165, 1.54) is 0 Å². The van der Waals surface area contributed by atoms with Crippen LogP contribution in [0.3, 0.4) is 0 Å². The van der Waals surface area contributed by atoms with Gasteiger partial charge in [0.15, 0.2) is 0 Å². The molecule has 0 aliphatic heterocycles. The number of nitrogens with two attached hydrogens (primary N) is 1. The van der Waals surface area contributed by atoms with Crippen LogP contribution < -0.4 is 11.1 Å². The van der Waals surface area contributed by atoms with E-state index in [1.807, 2.05) is 27.7 Å². The highest BCUT2D eigenvalue weighted by Crippen LogP contribution is 1.89. The smallest absolute Gasteiger partial charge is 0.264 e. The van der Waals surface area contributed by atoms with E-state index in [-0.39, 0.29) is 5.91 Å². The first kappa shape index (κ1) is 13.6. The molecule has 0 spiro atoms. The molecule has 0 aromatic rings. The van der Waals surface area contributed by atoms with Crippen molar-refractivity contribution in [2.24, 2.45) is 5.73 Å². The lowest BCUT2D eigenvalue weighted by molar-refractivity contribution is -0.114. The third-order valence-corrected chi connectivity index (χ3v) is 1.04. The van der Waals surface area contributed by atoms with Crippen LogP contribution in [-0.4, -0.2) is 12.5 Å². The second-order valence-electron chi connectivity index (χ2n) is 1.92. The van der Waals surface area contributed by atoms with Crippen molar-refractivity contribution in [2.45, 2.75) is 34.1 Å². The van der Waals surface area contributed by atoms with Gasteiger partial charge in [0, 0.05) is 6.54 Å². The van der Waals surface area contributed by atoms with Gasteiger partial charge in [0.1, 0.15) is 0 Å². The summed E-state index contributed by atoms with van der Waals surface area (Å²) in [5.74, 6) is -0.385. The summed E-state index contributed by atoms with van der Waals surface area (Å²) in [5.41, 5.74) is 5.56. The highest BCUT2D eigenvalue weighted by molar-refractivity contribution is 5.91. The van der Waals surface area contributed by atoms with Gasteiger partial charge in [-0.05, 0) is 13.3 Å². The van der Waals surface area contributed by atoms with E-state index in [0.29, 0.717) is 5.70 Å². The Balaban J connectivity index is 0. The van der Waals surface area contributed by atoms with Crippen LogP contribution in [0.15, 0.2) is 11.8 Å². The third-order valence-electron chi connectivity index (χ3n) is 1.04. The molecule has 3 heteroatoms. The molecule has 0 fully saturated rings. The van der Waals surface area contributed by atoms with Crippen molar-refractivity contribution in [3.63, 3.8) is 0 Å². The van der Waals surface area contributed by atoms with Crippen LogP contribution in [0.25, 0.3) is 0 Å². The molecular formula is C9H20N2O. The van der Waals surface area contributed by atoms with Crippen LogP contribution in [0.4, 0.5) is 0 Å². The Morgan fingerprint density at radius 1 is 1.42 bits per heavy atom. The molecule has 0 aromatic heterocycles. The van der Waals surface area contributed by atoms with Crippen molar-refractivity contribution in [3.05, 3.63) is 11.8 Å². The molecule has 0 rings (SSSR count). The lowest BCUT2D eigenvalue weighted by Gasteiger charge is -2.02. The molecule has 0 heterocycles. The lowest BCUT2D eigenvalue weighted by atomic mass is 10.3. The summed E-state index contributed by atoms with van der Waals surface area (Å²) in [4.78, 5) is 10.6. The maximum absolute atomic E-state index is 10.6. The van der Waals surface area contributed by atoms with Crippen LogP contribution in [0.1, 0.15) is 34.1 Å². The van der Waals surface area contributed by atoms with E-state index in [9.17, 15) is 4.79 Å². The van der Waals surface area contributed by atoms with Gasteiger partial charge >= 0.3 is 0 Å². The lowest BCUT2D eigenvalue weighted by Crippen LogP contribution is -2.25. The zero-order valence-electron chi connectivity index (χ0n) is 8.48. The Morgan fingerprint density at radius 2 is 1.92 bits per heavy atom. The third kappa shape index (κ3) is 7.12. The topological polar surface area (TPSA) is 55.1 Å². The number of hydrogen-bond donors (Lipinski definition) is 2. The fraction of sp³-hybridized carbons (Fsp3) is 0.667. The number of nitrogens with one attached hydrogen (secondary N) is 1. The Bertz CT molecular complexity index is 141. The van der Waals surface area contributed by atoms with E-state index < -0.39 is 0 Å². The molecule has 0 aliphatic rings. The normalized spacial score (nSPS) is 9.83. The number of hydrogen-bond acceptors (Lipinski definition) is 2. The van der Waals surface area contributed by atoms with Crippen LogP contribution in [0.5, 0.6) is 0 Å². The minimum atomic E-state index is -0.385. The van der Waals surface area contributed by atoms with Gasteiger partial charge < -0.3 is 11.1 Å². The van der Waals surface area contributed by atoms with E-state index in [4.69, 9.17) is 5.73 Å². The van der Waals surface area contributed by atoms with Crippen molar-refractivity contribution >= 4 is 5.91 Å². The van der Waals surface area contributed by atoms with Crippen molar-refractivity contribution in [1.29, 1.82) is 0 Å². The summed E-state index contributed by atoms with van der Waals surface area (Å²) in [6.45, 7) is 8.61. The maximum Gasteiger partial charge on any atom is 0.264 e. The molecule has 0 aromatic carbocycles. The first-order chi connectivity index (χ1) is 5.72. The molecule has 72 valence electrons. The van der Waals surface area contributed by atoms with Gasteiger partial charge in [-0.15, -0.1) is 0 Å². The van der Waals surface area contributed by atoms with Gasteiger partial charge in [-0.2, -0.15) is 0 Å². The molecule has 12 heavy (non-hydrogen) atoms. The number of amides is 1. The fourth-order valence-electron chi connectivity index (χ4n) is 0.654. The summed E-state index contributed by atoms with van der Waals surface area (Å²) in [7, 11) is 0. The van der Waals surface area contributed by atoms with Crippen molar-refractivity contribution in [1.82, 2.24) is 5.32 Å². The molecule has 3 N–H and O–H groups in total. The number of primary amides is 1. The predicted molar refractivity (Wildman–Crippen MR) is 52.6 cm³/mol. The zero-order chi connectivity index (χ0) is 9.98.